The minimum absolute atomic E-state index is 0.0792. The second kappa shape index (κ2) is 5.79. The summed E-state index contributed by atoms with van der Waals surface area (Å²) in [6, 6.07) is 9.35. The zero-order chi connectivity index (χ0) is 12.1. The van der Waals surface area contributed by atoms with Crippen LogP contribution in [0.2, 0.25) is 0 Å². The van der Waals surface area contributed by atoms with Crippen molar-refractivity contribution in [3.63, 3.8) is 0 Å². The Morgan fingerprint density at radius 1 is 1.29 bits per heavy atom. The molecule has 1 aromatic carbocycles. The van der Waals surface area contributed by atoms with Gasteiger partial charge in [0.2, 0.25) is 0 Å². The number of benzene rings is 1. The first-order valence-corrected chi connectivity index (χ1v) is 6.17. The molecule has 0 radical (unpaired) electrons. The fraction of sp³-hybridized carbons (Fsp3) is 0.500. The summed E-state index contributed by atoms with van der Waals surface area (Å²) in [5.41, 5.74) is 0.676. The van der Waals surface area contributed by atoms with Crippen LogP contribution in [-0.2, 0) is 6.54 Å². The molecule has 0 aliphatic heterocycles. The molecule has 0 aromatic heterocycles. The molecule has 17 heavy (non-hydrogen) atoms. The smallest absolute Gasteiger partial charge is 0.127 e. The maximum absolute atomic E-state index is 13.4. The molecule has 0 spiro atoms. The van der Waals surface area contributed by atoms with Crippen molar-refractivity contribution in [2.24, 2.45) is 5.92 Å². The molecule has 90 valence electrons. The van der Waals surface area contributed by atoms with Gasteiger partial charge in [0, 0.05) is 18.2 Å². The van der Waals surface area contributed by atoms with Gasteiger partial charge in [-0.1, -0.05) is 31.0 Å². The van der Waals surface area contributed by atoms with Gasteiger partial charge in [0.05, 0.1) is 12.0 Å². The molecule has 1 aliphatic rings. The number of rotatable bonds is 3. The van der Waals surface area contributed by atoms with E-state index in [1.54, 1.807) is 12.1 Å². The van der Waals surface area contributed by atoms with Gasteiger partial charge in [-0.15, -0.1) is 0 Å². The number of halogens is 1. The predicted octanol–water partition coefficient (Wildman–Crippen LogP) is 3.00. The van der Waals surface area contributed by atoms with Crippen molar-refractivity contribution in [3.05, 3.63) is 35.6 Å². The van der Waals surface area contributed by atoms with Crippen LogP contribution in [0.3, 0.4) is 0 Å². The monoisotopic (exact) mass is 232 g/mol. The molecule has 0 bridgehead atoms. The molecule has 1 aliphatic carbocycles. The second-order valence-corrected chi connectivity index (χ2v) is 4.60. The van der Waals surface area contributed by atoms with E-state index < -0.39 is 0 Å². The van der Waals surface area contributed by atoms with Crippen LogP contribution in [0.4, 0.5) is 4.39 Å². The molecular weight excluding hydrogens is 215 g/mol. The first kappa shape index (κ1) is 12.1. The van der Waals surface area contributed by atoms with Crippen LogP contribution in [-0.4, -0.2) is 6.04 Å². The zero-order valence-electron chi connectivity index (χ0n) is 9.82. The van der Waals surface area contributed by atoms with Crippen molar-refractivity contribution >= 4 is 0 Å². The van der Waals surface area contributed by atoms with Gasteiger partial charge >= 0.3 is 0 Å². The highest BCUT2D eigenvalue weighted by Gasteiger charge is 2.24. The lowest BCUT2D eigenvalue weighted by molar-refractivity contribution is 0.310. The summed E-state index contributed by atoms with van der Waals surface area (Å²) in [4.78, 5) is 0. The Hall–Kier alpha value is -1.40. The second-order valence-electron chi connectivity index (χ2n) is 4.60. The summed E-state index contributed by atoms with van der Waals surface area (Å²) in [7, 11) is 0. The van der Waals surface area contributed by atoms with Crippen LogP contribution in [0.15, 0.2) is 24.3 Å². The van der Waals surface area contributed by atoms with Crippen LogP contribution in [0.25, 0.3) is 0 Å². The van der Waals surface area contributed by atoms with Gasteiger partial charge in [0.25, 0.3) is 0 Å². The van der Waals surface area contributed by atoms with E-state index in [1.807, 2.05) is 6.07 Å². The lowest BCUT2D eigenvalue weighted by Crippen LogP contribution is -2.37. The molecular formula is C14H17FN2. The fourth-order valence-corrected chi connectivity index (χ4v) is 2.41. The topological polar surface area (TPSA) is 35.8 Å². The third-order valence-electron chi connectivity index (χ3n) is 3.44. The standard InChI is InChI=1S/C14H17FN2/c15-13-7-3-1-6-12(13)10-17-14-8-4-2-5-11(14)9-16/h1,3,6-7,11,14,17H,2,4-5,8,10H2. The molecule has 3 heteroatoms. The summed E-state index contributed by atoms with van der Waals surface area (Å²) in [5, 5.41) is 12.4. The molecule has 2 rings (SSSR count). The minimum atomic E-state index is -0.177. The van der Waals surface area contributed by atoms with Crippen molar-refractivity contribution in [1.29, 1.82) is 5.26 Å². The number of nitrogens with zero attached hydrogens (tertiary/aromatic N) is 1. The Bertz CT molecular complexity index is 411. The number of hydrogen-bond acceptors (Lipinski definition) is 2. The summed E-state index contributed by atoms with van der Waals surface area (Å²) < 4.78 is 13.4. The first-order chi connectivity index (χ1) is 8.31. The third-order valence-corrected chi connectivity index (χ3v) is 3.44. The molecule has 1 fully saturated rings. The highest BCUT2D eigenvalue weighted by atomic mass is 19.1. The van der Waals surface area contributed by atoms with E-state index in [4.69, 9.17) is 5.26 Å². The molecule has 1 aromatic rings. The Balaban J connectivity index is 1.93. The van der Waals surface area contributed by atoms with Crippen molar-refractivity contribution < 1.29 is 4.39 Å². The van der Waals surface area contributed by atoms with Crippen LogP contribution in [0.1, 0.15) is 31.2 Å². The molecule has 2 atom stereocenters. The van der Waals surface area contributed by atoms with E-state index in [0.29, 0.717) is 12.1 Å². The first-order valence-electron chi connectivity index (χ1n) is 6.17. The number of hydrogen-bond donors (Lipinski definition) is 1. The highest BCUT2D eigenvalue weighted by Crippen LogP contribution is 2.24. The van der Waals surface area contributed by atoms with Gasteiger partial charge in [-0.25, -0.2) is 4.39 Å². The lowest BCUT2D eigenvalue weighted by atomic mass is 9.85. The average Bonchev–Trinajstić information content (AvgIpc) is 2.38. The predicted molar refractivity (Wildman–Crippen MR) is 64.6 cm³/mol. The van der Waals surface area contributed by atoms with E-state index in [-0.39, 0.29) is 17.8 Å². The van der Waals surface area contributed by atoms with E-state index >= 15 is 0 Å². The molecule has 1 saturated carbocycles. The third kappa shape index (κ3) is 3.04. The summed E-state index contributed by atoms with van der Waals surface area (Å²) in [5.74, 6) is -0.0974. The quantitative estimate of drug-likeness (QED) is 0.869. The molecule has 2 nitrogen and oxygen atoms in total. The van der Waals surface area contributed by atoms with Gasteiger partial charge < -0.3 is 5.32 Å². The number of nitrogens with one attached hydrogen (secondary N) is 1. The summed E-state index contributed by atoms with van der Waals surface area (Å²) in [6.45, 7) is 0.509. The van der Waals surface area contributed by atoms with E-state index in [0.717, 1.165) is 25.7 Å². The normalized spacial score (nSPS) is 24.2. The zero-order valence-corrected chi connectivity index (χ0v) is 9.82. The van der Waals surface area contributed by atoms with Gasteiger partial charge in [0.1, 0.15) is 5.82 Å². The molecule has 0 saturated heterocycles. The number of nitriles is 1. The Morgan fingerprint density at radius 3 is 2.82 bits per heavy atom. The van der Waals surface area contributed by atoms with Gasteiger partial charge in [-0.2, -0.15) is 5.26 Å². The molecule has 2 unspecified atom stereocenters. The van der Waals surface area contributed by atoms with Gasteiger partial charge in [0.15, 0.2) is 0 Å². The molecule has 0 heterocycles. The molecule has 0 amide bonds. The lowest BCUT2D eigenvalue weighted by Gasteiger charge is -2.27. The van der Waals surface area contributed by atoms with Gasteiger partial charge in [-0.05, 0) is 18.9 Å². The Morgan fingerprint density at radius 2 is 2.06 bits per heavy atom. The average molecular weight is 232 g/mol. The Labute approximate surface area is 101 Å². The van der Waals surface area contributed by atoms with Crippen LogP contribution < -0.4 is 5.32 Å². The van der Waals surface area contributed by atoms with E-state index in [9.17, 15) is 4.39 Å². The highest BCUT2D eigenvalue weighted by molar-refractivity contribution is 5.17. The fourth-order valence-electron chi connectivity index (χ4n) is 2.41. The van der Waals surface area contributed by atoms with E-state index in [2.05, 4.69) is 11.4 Å². The van der Waals surface area contributed by atoms with E-state index in [1.165, 1.54) is 6.07 Å². The Kier molecular flexibility index (Phi) is 4.11. The SMILES string of the molecule is N#CC1CCCCC1NCc1ccccc1F. The van der Waals surface area contributed by atoms with Crippen LogP contribution >= 0.6 is 0 Å². The van der Waals surface area contributed by atoms with Crippen molar-refractivity contribution in [1.82, 2.24) is 5.32 Å². The largest absolute Gasteiger partial charge is 0.309 e. The van der Waals surface area contributed by atoms with Crippen LogP contribution in [0.5, 0.6) is 0 Å². The maximum Gasteiger partial charge on any atom is 0.127 e. The van der Waals surface area contributed by atoms with Crippen molar-refractivity contribution in [2.75, 3.05) is 0 Å². The maximum atomic E-state index is 13.4. The molecule has 1 N–H and O–H groups in total. The van der Waals surface area contributed by atoms with Crippen LogP contribution in [0, 0.1) is 23.1 Å². The summed E-state index contributed by atoms with van der Waals surface area (Å²) >= 11 is 0. The van der Waals surface area contributed by atoms with Gasteiger partial charge in [-0.3, -0.25) is 0 Å². The summed E-state index contributed by atoms with van der Waals surface area (Å²) in [6.07, 6.45) is 4.28. The van der Waals surface area contributed by atoms with Crippen molar-refractivity contribution in [3.8, 4) is 6.07 Å². The minimum Gasteiger partial charge on any atom is -0.309 e. The van der Waals surface area contributed by atoms with Crippen molar-refractivity contribution in [2.45, 2.75) is 38.3 Å².